The summed E-state index contributed by atoms with van der Waals surface area (Å²) in [5.41, 5.74) is 0.584. The zero-order valence-electron chi connectivity index (χ0n) is 13.0. The summed E-state index contributed by atoms with van der Waals surface area (Å²) < 4.78 is 17.0. The molecule has 0 saturated carbocycles. The minimum absolute atomic E-state index is 0.215. The molecule has 1 aliphatic heterocycles. The van der Waals surface area contributed by atoms with Crippen molar-refractivity contribution < 1.29 is 13.7 Å². The highest BCUT2D eigenvalue weighted by atomic mass is 35.5. The number of hydrogen-bond donors (Lipinski definition) is 1. The number of nitrogens with zero attached hydrogens (tertiary/aromatic N) is 1. The third-order valence-electron chi connectivity index (χ3n) is 3.51. The zero-order chi connectivity index (χ0) is 16.3. The summed E-state index contributed by atoms with van der Waals surface area (Å²) in [5.74, 6) is 1.04. The van der Waals surface area contributed by atoms with Crippen LogP contribution < -0.4 is 10.1 Å². The van der Waals surface area contributed by atoms with Crippen LogP contribution in [0.2, 0.25) is 5.02 Å². The van der Waals surface area contributed by atoms with E-state index in [4.69, 9.17) is 16.3 Å². The summed E-state index contributed by atoms with van der Waals surface area (Å²) in [7, 11) is -0.909. The number of amides is 2. The maximum Gasteiger partial charge on any atom is 0.322 e. The average molecular weight is 345 g/mol. The van der Waals surface area contributed by atoms with Crippen LogP contribution in [0.25, 0.3) is 0 Å². The van der Waals surface area contributed by atoms with Gasteiger partial charge >= 0.3 is 6.03 Å². The number of rotatable bonds is 3. The molecule has 122 valence electrons. The number of halogens is 1. The van der Waals surface area contributed by atoms with Gasteiger partial charge in [0.2, 0.25) is 0 Å². The molecule has 1 aromatic rings. The molecule has 0 aromatic heterocycles. The van der Waals surface area contributed by atoms with Gasteiger partial charge in [0.25, 0.3) is 0 Å². The minimum Gasteiger partial charge on any atom is -0.492 e. The topological polar surface area (TPSA) is 58.6 Å². The monoisotopic (exact) mass is 344 g/mol. The number of anilines is 1. The van der Waals surface area contributed by atoms with Crippen LogP contribution in [0.3, 0.4) is 0 Å². The average Bonchev–Trinajstić information content (AvgIpc) is 2.45. The molecule has 1 atom stereocenters. The Kier molecular flexibility index (Phi) is 5.34. The van der Waals surface area contributed by atoms with Crippen molar-refractivity contribution >= 4 is 34.1 Å². The quantitative estimate of drug-likeness (QED) is 0.916. The number of hydrogen-bond acceptors (Lipinski definition) is 3. The molecular weight excluding hydrogens is 324 g/mol. The van der Waals surface area contributed by atoms with E-state index in [0.717, 1.165) is 0 Å². The van der Waals surface area contributed by atoms with Crippen LogP contribution in [-0.4, -0.2) is 45.3 Å². The molecule has 2 rings (SSSR count). The van der Waals surface area contributed by atoms with Crippen LogP contribution in [0, 0.1) is 0 Å². The Labute approximate surface area is 138 Å². The zero-order valence-corrected chi connectivity index (χ0v) is 14.6. The Hall–Kier alpha value is -1.27. The summed E-state index contributed by atoms with van der Waals surface area (Å²) >= 11 is 5.95. The molecule has 0 radical (unpaired) electrons. The third-order valence-corrected chi connectivity index (χ3v) is 5.66. The van der Waals surface area contributed by atoms with Gasteiger partial charge < -0.3 is 15.0 Å². The molecule has 1 N–H and O–H groups in total. The lowest BCUT2D eigenvalue weighted by Gasteiger charge is -2.37. The van der Waals surface area contributed by atoms with E-state index in [1.165, 1.54) is 0 Å². The van der Waals surface area contributed by atoms with E-state index in [1.807, 2.05) is 20.8 Å². The number of carbonyl (C=O) groups excluding carboxylic acids is 1. The van der Waals surface area contributed by atoms with Crippen molar-refractivity contribution in [3.63, 3.8) is 0 Å². The highest BCUT2D eigenvalue weighted by molar-refractivity contribution is 7.86. The summed E-state index contributed by atoms with van der Waals surface area (Å²) in [6, 6.07) is 4.89. The fraction of sp³-hybridized carbons (Fsp3) is 0.533. The van der Waals surface area contributed by atoms with Gasteiger partial charge in [-0.2, -0.15) is 0 Å². The first kappa shape index (κ1) is 17.1. The molecule has 2 amide bonds. The molecule has 22 heavy (non-hydrogen) atoms. The van der Waals surface area contributed by atoms with Gasteiger partial charge in [-0.05, 0) is 32.9 Å². The predicted molar refractivity (Wildman–Crippen MR) is 90.3 cm³/mol. The van der Waals surface area contributed by atoms with Crippen molar-refractivity contribution in [3.8, 4) is 5.75 Å². The predicted octanol–water partition coefficient (Wildman–Crippen LogP) is 3.11. The lowest BCUT2D eigenvalue weighted by molar-refractivity contribution is 0.207. The summed E-state index contributed by atoms with van der Waals surface area (Å²) in [6.45, 7) is 7.13. The van der Waals surface area contributed by atoms with Crippen LogP contribution in [-0.2, 0) is 10.8 Å². The van der Waals surface area contributed by atoms with Gasteiger partial charge in [0, 0.05) is 40.7 Å². The Morgan fingerprint density at radius 3 is 2.86 bits per heavy atom. The van der Waals surface area contributed by atoms with Gasteiger partial charge in [-0.3, -0.25) is 4.21 Å². The van der Waals surface area contributed by atoms with E-state index in [2.05, 4.69) is 5.32 Å². The number of nitrogens with one attached hydrogen (secondary N) is 1. The number of urea groups is 1. The van der Waals surface area contributed by atoms with Gasteiger partial charge in [0.1, 0.15) is 5.75 Å². The molecule has 1 fully saturated rings. The molecule has 1 saturated heterocycles. The van der Waals surface area contributed by atoms with Crippen LogP contribution in [0.5, 0.6) is 5.75 Å². The Balaban J connectivity index is 2.11. The first-order valence-electron chi connectivity index (χ1n) is 7.20. The highest BCUT2D eigenvalue weighted by Crippen LogP contribution is 2.29. The van der Waals surface area contributed by atoms with Crippen molar-refractivity contribution in [1.29, 1.82) is 0 Å². The van der Waals surface area contributed by atoms with Gasteiger partial charge in [0.05, 0.1) is 17.0 Å². The molecule has 0 bridgehead atoms. The van der Waals surface area contributed by atoms with Gasteiger partial charge in [-0.25, -0.2) is 4.79 Å². The van der Waals surface area contributed by atoms with Crippen molar-refractivity contribution in [2.24, 2.45) is 0 Å². The maximum atomic E-state index is 12.4. The normalized spacial score (nSPS) is 20.5. The molecule has 7 heteroatoms. The van der Waals surface area contributed by atoms with Gasteiger partial charge in [-0.15, -0.1) is 0 Å². The molecule has 0 unspecified atom stereocenters. The largest absolute Gasteiger partial charge is 0.492 e. The Morgan fingerprint density at radius 1 is 1.50 bits per heavy atom. The summed E-state index contributed by atoms with van der Waals surface area (Å²) in [5, 5.41) is 3.40. The van der Waals surface area contributed by atoms with Crippen LogP contribution in [0.1, 0.15) is 20.8 Å². The molecular formula is C15H21ClN2O3S. The fourth-order valence-corrected chi connectivity index (χ4v) is 3.72. The SMILES string of the molecule is CCOc1cc(Cl)ccc1NC(=O)N1CC[S@](=O)C(C)(C)C1. The Morgan fingerprint density at radius 2 is 2.23 bits per heavy atom. The molecule has 1 heterocycles. The van der Waals surface area contributed by atoms with E-state index in [0.29, 0.717) is 41.9 Å². The minimum atomic E-state index is -0.909. The second kappa shape index (κ2) is 6.87. The number of ether oxygens (including phenoxy) is 1. The second-order valence-corrected chi connectivity index (χ2v) is 8.38. The fourth-order valence-electron chi connectivity index (χ4n) is 2.32. The van der Waals surface area contributed by atoms with Crippen LogP contribution in [0.4, 0.5) is 10.5 Å². The number of carbonyl (C=O) groups is 1. The summed E-state index contributed by atoms with van der Waals surface area (Å²) in [6.07, 6.45) is 0. The van der Waals surface area contributed by atoms with Crippen LogP contribution >= 0.6 is 11.6 Å². The second-order valence-electron chi connectivity index (χ2n) is 5.73. The smallest absolute Gasteiger partial charge is 0.322 e. The Bertz CT molecular complexity index is 592. The highest BCUT2D eigenvalue weighted by Gasteiger charge is 2.35. The standard InChI is InChI=1S/C15H21ClN2O3S/c1-4-21-13-9-11(16)5-6-12(13)17-14(19)18-7-8-22(20)15(2,3)10-18/h5-6,9H,4,7-8,10H2,1-3H3,(H,17,19)/t22-/m0/s1. The van der Waals surface area contributed by atoms with E-state index in [1.54, 1.807) is 23.1 Å². The number of benzene rings is 1. The molecule has 1 aromatic carbocycles. The van der Waals surface area contributed by atoms with Crippen molar-refractivity contribution in [2.75, 3.05) is 30.8 Å². The lowest BCUT2D eigenvalue weighted by Crippen LogP contribution is -2.53. The van der Waals surface area contributed by atoms with E-state index < -0.39 is 15.5 Å². The van der Waals surface area contributed by atoms with Gasteiger partial charge in [-0.1, -0.05) is 11.6 Å². The van der Waals surface area contributed by atoms with E-state index in [-0.39, 0.29) is 6.03 Å². The maximum absolute atomic E-state index is 12.4. The van der Waals surface area contributed by atoms with E-state index in [9.17, 15) is 9.00 Å². The first-order chi connectivity index (χ1) is 10.3. The molecule has 1 aliphatic rings. The van der Waals surface area contributed by atoms with Crippen LogP contribution in [0.15, 0.2) is 18.2 Å². The lowest BCUT2D eigenvalue weighted by atomic mass is 10.2. The van der Waals surface area contributed by atoms with Crippen molar-refractivity contribution in [2.45, 2.75) is 25.5 Å². The van der Waals surface area contributed by atoms with E-state index >= 15 is 0 Å². The van der Waals surface area contributed by atoms with Crippen molar-refractivity contribution in [3.05, 3.63) is 23.2 Å². The van der Waals surface area contributed by atoms with Gasteiger partial charge in [0.15, 0.2) is 0 Å². The molecule has 5 nitrogen and oxygen atoms in total. The molecule has 0 spiro atoms. The third kappa shape index (κ3) is 3.93. The summed E-state index contributed by atoms with van der Waals surface area (Å²) in [4.78, 5) is 14.1. The molecule has 0 aliphatic carbocycles. The van der Waals surface area contributed by atoms with Crippen molar-refractivity contribution in [1.82, 2.24) is 4.90 Å². The first-order valence-corrected chi connectivity index (χ1v) is 8.90.